The summed E-state index contributed by atoms with van der Waals surface area (Å²) >= 11 is 0. The van der Waals surface area contributed by atoms with Crippen LogP contribution in [0.3, 0.4) is 0 Å². The Bertz CT molecular complexity index is 1000. The predicted octanol–water partition coefficient (Wildman–Crippen LogP) is 4.36. The second-order valence-electron chi connectivity index (χ2n) is 6.01. The van der Waals surface area contributed by atoms with E-state index in [-0.39, 0.29) is 5.82 Å². The highest BCUT2D eigenvalue weighted by Gasteiger charge is 2.11. The third-order valence-electron chi connectivity index (χ3n) is 4.08. The van der Waals surface area contributed by atoms with Crippen molar-refractivity contribution in [3.05, 3.63) is 78.4 Å². The van der Waals surface area contributed by atoms with Gasteiger partial charge in [0.25, 0.3) is 0 Å². The lowest BCUT2D eigenvalue weighted by atomic mass is 10.2. The first-order chi connectivity index (χ1) is 13.3. The molecule has 2 heterocycles. The molecule has 0 saturated heterocycles. The maximum atomic E-state index is 14.3. The van der Waals surface area contributed by atoms with E-state index in [4.69, 9.17) is 9.47 Å². The van der Waals surface area contributed by atoms with Crippen molar-refractivity contribution < 1.29 is 13.9 Å². The van der Waals surface area contributed by atoms with E-state index >= 15 is 0 Å². The maximum Gasteiger partial charge on any atom is 0.141 e. The number of hydrogen-bond donors (Lipinski definition) is 1. The third kappa shape index (κ3) is 4.12. The minimum Gasteiger partial charge on any atom is -0.491 e. The van der Waals surface area contributed by atoms with Gasteiger partial charge in [0.15, 0.2) is 0 Å². The van der Waals surface area contributed by atoms with E-state index in [0.29, 0.717) is 37.0 Å². The quantitative estimate of drug-likeness (QED) is 0.496. The SMILES string of the molecule is Fc1ccc(OCCOCc2ccccc2)cc1-c1nc2ccncc2[nH]1. The summed E-state index contributed by atoms with van der Waals surface area (Å²) in [6.07, 6.45) is 3.31. The second-order valence-corrected chi connectivity index (χ2v) is 6.01. The molecule has 0 aliphatic heterocycles. The van der Waals surface area contributed by atoms with Gasteiger partial charge in [-0.25, -0.2) is 9.37 Å². The Morgan fingerprint density at radius 1 is 1.00 bits per heavy atom. The van der Waals surface area contributed by atoms with Crippen LogP contribution in [0.25, 0.3) is 22.4 Å². The number of imidazole rings is 1. The number of H-pyrrole nitrogens is 1. The smallest absolute Gasteiger partial charge is 0.141 e. The molecule has 4 rings (SSSR count). The van der Waals surface area contributed by atoms with Crippen molar-refractivity contribution in [1.29, 1.82) is 0 Å². The van der Waals surface area contributed by atoms with Crippen molar-refractivity contribution in [2.45, 2.75) is 6.61 Å². The van der Waals surface area contributed by atoms with Gasteiger partial charge in [0.2, 0.25) is 0 Å². The van der Waals surface area contributed by atoms with Crippen molar-refractivity contribution in [2.24, 2.45) is 0 Å². The van der Waals surface area contributed by atoms with Gasteiger partial charge in [0, 0.05) is 6.20 Å². The number of halogens is 1. The van der Waals surface area contributed by atoms with Crippen molar-refractivity contribution in [3.63, 3.8) is 0 Å². The van der Waals surface area contributed by atoms with Gasteiger partial charge in [-0.3, -0.25) is 4.98 Å². The zero-order chi connectivity index (χ0) is 18.5. The molecular weight excluding hydrogens is 345 g/mol. The Morgan fingerprint density at radius 3 is 2.74 bits per heavy atom. The Hall–Kier alpha value is -3.25. The summed E-state index contributed by atoms with van der Waals surface area (Å²) < 4.78 is 25.5. The molecule has 0 saturated carbocycles. The van der Waals surface area contributed by atoms with E-state index in [9.17, 15) is 4.39 Å². The van der Waals surface area contributed by atoms with Gasteiger partial charge in [-0.1, -0.05) is 30.3 Å². The molecule has 2 aromatic carbocycles. The Balaban J connectivity index is 1.38. The molecule has 0 aliphatic carbocycles. The molecule has 0 radical (unpaired) electrons. The molecule has 5 nitrogen and oxygen atoms in total. The van der Waals surface area contributed by atoms with Gasteiger partial charge in [0.1, 0.15) is 24.0 Å². The van der Waals surface area contributed by atoms with Gasteiger partial charge in [-0.15, -0.1) is 0 Å². The molecule has 0 atom stereocenters. The van der Waals surface area contributed by atoms with E-state index in [1.54, 1.807) is 30.6 Å². The van der Waals surface area contributed by atoms with Crippen molar-refractivity contribution in [3.8, 4) is 17.1 Å². The van der Waals surface area contributed by atoms with E-state index in [1.165, 1.54) is 6.07 Å². The summed E-state index contributed by atoms with van der Waals surface area (Å²) in [5, 5.41) is 0. The molecule has 27 heavy (non-hydrogen) atoms. The first-order valence-corrected chi connectivity index (χ1v) is 8.64. The molecule has 1 N–H and O–H groups in total. The average Bonchev–Trinajstić information content (AvgIpc) is 3.14. The van der Waals surface area contributed by atoms with Gasteiger partial charge in [-0.05, 0) is 29.8 Å². The molecule has 0 fully saturated rings. The topological polar surface area (TPSA) is 60.0 Å². The number of pyridine rings is 1. The maximum absolute atomic E-state index is 14.3. The first kappa shape index (κ1) is 17.2. The van der Waals surface area contributed by atoms with Crippen LogP contribution in [0.1, 0.15) is 5.56 Å². The van der Waals surface area contributed by atoms with Crippen molar-refractivity contribution in [2.75, 3.05) is 13.2 Å². The molecule has 136 valence electrons. The molecule has 0 aliphatic rings. The minimum absolute atomic E-state index is 0.355. The fraction of sp³-hybridized carbons (Fsp3) is 0.143. The van der Waals surface area contributed by atoms with E-state index in [2.05, 4.69) is 15.0 Å². The van der Waals surface area contributed by atoms with E-state index in [0.717, 1.165) is 16.6 Å². The van der Waals surface area contributed by atoms with Crippen molar-refractivity contribution >= 4 is 11.0 Å². The number of hydrogen-bond acceptors (Lipinski definition) is 4. The molecule has 4 aromatic rings. The molecule has 6 heteroatoms. The number of aromatic amines is 1. The summed E-state index contributed by atoms with van der Waals surface area (Å²) in [5.41, 5.74) is 2.96. The summed E-state index contributed by atoms with van der Waals surface area (Å²) in [7, 11) is 0. The average molecular weight is 363 g/mol. The van der Waals surface area contributed by atoms with Crippen LogP contribution in [0.5, 0.6) is 5.75 Å². The Morgan fingerprint density at radius 2 is 1.89 bits per heavy atom. The summed E-state index contributed by atoms with van der Waals surface area (Å²) in [5.74, 6) is 0.643. The number of nitrogens with one attached hydrogen (secondary N) is 1. The third-order valence-corrected chi connectivity index (χ3v) is 4.08. The number of nitrogens with zero attached hydrogens (tertiary/aromatic N) is 2. The standard InChI is InChI=1S/C21H18FN3O2/c22-18-7-6-16(27-11-10-26-14-15-4-2-1-3-5-15)12-17(18)21-24-19-8-9-23-13-20(19)25-21/h1-9,12-13H,10-11,14H2,(H,24,25). The highest BCUT2D eigenvalue weighted by molar-refractivity contribution is 5.78. The fourth-order valence-corrected chi connectivity index (χ4v) is 2.74. The van der Waals surface area contributed by atoms with Crippen LogP contribution in [-0.2, 0) is 11.3 Å². The van der Waals surface area contributed by atoms with Crippen LogP contribution < -0.4 is 4.74 Å². The van der Waals surface area contributed by atoms with Crippen LogP contribution in [-0.4, -0.2) is 28.2 Å². The summed E-state index contributed by atoms with van der Waals surface area (Å²) in [6.45, 7) is 1.35. The van der Waals surface area contributed by atoms with Crippen LogP contribution >= 0.6 is 0 Å². The first-order valence-electron chi connectivity index (χ1n) is 8.64. The lowest BCUT2D eigenvalue weighted by Crippen LogP contribution is -2.07. The van der Waals surface area contributed by atoms with Crippen LogP contribution in [0.4, 0.5) is 4.39 Å². The zero-order valence-electron chi connectivity index (χ0n) is 14.6. The van der Waals surface area contributed by atoms with Crippen LogP contribution in [0.15, 0.2) is 67.0 Å². The molecule has 0 bridgehead atoms. The lowest BCUT2D eigenvalue weighted by molar-refractivity contribution is 0.0889. The highest BCUT2D eigenvalue weighted by atomic mass is 19.1. The number of aromatic nitrogens is 3. The monoisotopic (exact) mass is 363 g/mol. The molecule has 0 unspecified atom stereocenters. The summed E-state index contributed by atoms with van der Waals surface area (Å²) in [4.78, 5) is 11.5. The minimum atomic E-state index is -0.366. The lowest BCUT2D eigenvalue weighted by Gasteiger charge is -2.09. The number of fused-ring (bicyclic) bond motifs is 1. The fourth-order valence-electron chi connectivity index (χ4n) is 2.74. The largest absolute Gasteiger partial charge is 0.491 e. The number of rotatable bonds is 7. The van der Waals surface area contributed by atoms with Gasteiger partial charge >= 0.3 is 0 Å². The van der Waals surface area contributed by atoms with Gasteiger partial charge in [-0.2, -0.15) is 0 Å². The van der Waals surface area contributed by atoms with E-state index in [1.807, 2.05) is 30.3 Å². The molecule has 0 spiro atoms. The van der Waals surface area contributed by atoms with Crippen LogP contribution in [0.2, 0.25) is 0 Å². The van der Waals surface area contributed by atoms with Crippen molar-refractivity contribution in [1.82, 2.24) is 15.0 Å². The predicted molar refractivity (Wildman–Crippen MR) is 101 cm³/mol. The van der Waals surface area contributed by atoms with Gasteiger partial charge < -0.3 is 14.5 Å². The Kier molecular flexibility index (Phi) is 5.07. The second kappa shape index (κ2) is 7.97. The van der Waals surface area contributed by atoms with E-state index < -0.39 is 0 Å². The molecule has 2 aromatic heterocycles. The Labute approximate surface area is 155 Å². The van der Waals surface area contributed by atoms with Gasteiger partial charge in [0.05, 0.1) is 36.0 Å². The number of benzene rings is 2. The summed E-state index contributed by atoms with van der Waals surface area (Å²) in [6, 6.07) is 16.3. The van der Waals surface area contributed by atoms with Crippen LogP contribution in [0, 0.1) is 5.82 Å². The molecule has 0 amide bonds. The highest BCUT2D eigenvalue weighted by Crippen LogP contribution is 2.26. The zero-order valence-corrected chi connectivity index (χ0v) is 14.6. The normalized spacial score (nSPS) is 11.0. The molecular formula is C21H18FN3O2. The number of ether oxygens (including phenoxy) is 2.